The monoisotopic (exact) mass is 265 g/mol. The molecule has 1 heterocycles. The van der Waals surface area contributed by atoms with E-state index in [0.717, 1.165) is 17.9 Å². The van der Waals surface area contributed by atoms with Crippen LogP contribution in [0.2, 0.25) is 0 Å². The molecule has 0 saturated heterocycles. The maximum absolute atomic E-state index is 11.5. The number of hydrogen-bond acceptors (Lipinski definition) is 4. The van der Waals surface area contributed by atoms with Crippen LogP contribution < -0.4 is 10.2 Å². The van der Waals surface area contributed by atoms with Gasteiger partial charge in [0.15, 0.2) is 0 Å². The van der Waals surface area contributed by atoms with Crippen LogP contribution in [0.1, 0.15) is 33.3 Å². The molecule has 0 radical (unpaired) electrons. The van der Waals surface area contributed by atoms with E-state index in [9.17, 15) is 4.79 Å². The van der Waals surface area contributed by atoms with Gasteiger partial charge in [-0.1, -0.05) is 6.07 Å². The van der Waals surface area contributed by atoms with Gasteiger partial charge in [-0.15, -0.1) is 0 Å². The predicted octanol–water partition coefficient (Wildman–Crippen LogP) is 2.56. The topological polar surface area (TPSA) is 54.5 Å². The van der Waals surface area contributed by atoms with Crippen molar-refractivity contribution in [2.45, 2.75) is 39.8 Å². The summed E-state index contributed by atoms with van der Waals surface area (Å²) in [7, 11) is 1.99. The zero-order valence-corrected chi connectivity index (χ0v) is 12.4. The summed E-state index contributed by atoms with van der Waals surface area (Å²) < 4.78 is 5.16. The van der Waals surface area contributed by atoms with Crippen molar-refractivity contribution in [3.8, 4) is 0 Å². The van der Waals surface area contributed by atoms with E-state index in [1.165, 1.54) is 0 Å². The molecule has 0 aromatic carbocycles. The first-order valence-corrected chi connectivity index (χ1v) is 6.44. The van der Waals surface area contributed by atoms with Crippen LogP contribution in [0.5, 0.6) is 0 Å². The van der Waals surface area contributed by atoms with E-state index in [1.807, 2.05) is 44.9 Å². The molecule has 0 aliphatic rings. The number of nitrogens with zero attached hydrogens (tertiary/aromatic N) is 2. The second-order valence-corrected chi connectivity index (χ2v) is 5.39. The summed E-state index contributed by atoms with van der Waals surface area (Å²) in [5.74, 6) is 0.920. The van der Waals surface area contributed by atoms with Crippen LogP contribution in [0, 0.1) is 0 Å². The van der Waals surface area contributed by atoms with Crippen LogP contribution in [-0.2, 0) is 11.3 Å². The highest BCUT2D eigenvalue weighted by atomic mass is 16.6. The molecular weight excluding hydrogens is 242 g/mol. The summed E-state index contributed by atoms with van der Waals surface area (Å²) in [5.41, 5.74) is 0.467. The lowest BCUT2D eigenvalue weighted by atomic mass is 10.2. The Balaban J connectivity index is 2.48. The molecule has 1 rings (SSSR count). The van der Waals surface area contributed by atoms with Crippen LogP contribution in [0.25, 0.3) is 0 Å². The van der Waals surface area contributed by atoms with Gasteiger partial charge in [-0.25, -0.2) is 9.78 Å². The minimum atomic E-state index is -0.476. The Morgan fingerprint density at radius 1 is 1.42 bits per heavy atom. The second-order valence-electron chi connectivity index (χ2n) is 5.39. The molecule has 1 N–H and O–H groups in total. The van der Waals surface area contributed by atoms with Crippen molar-refractivity contribution in [1.82, 2.24) is 10.3 Å². The van der Waals surface area contributed by atoms with Gasteiger partial charge < -0.3 is 15.0 Å². The molecule has 1 amide bonds. The summed E-state index contributed by atoms with van der Waals surface area (Å²) >= 11 is 0. The maximum atomic E-state index is 11.5. The number of carbonyl (C=O) groups is 1. The highest BCUT2D eigenvalue weighted by molar-refractivity contribution is 5.67. The largest absolute Gasteiger partial charge is 0.444 e. The Hall–Kier alpha value is -1.78. The summed E-state index contributed by atoms with van der Waals surface area (Å²) in [4.78, 5) is 17.9. The number of ether oxygens (including phenoxy) is 1. The lowest BCUT2D eigenvalue weighted by Gasteiger charge is -2.19. The average Bonchev–Trinajstić information content (AvgIpc) is 2.34. The molecule has 5 heteroatoms. The van der Waals surface area contributed by atoms with Crippen LogP contribution in [-0.4, -0.2) is 30.3 Å². The van der Waals surface area contributed by atoms with Crippen molar-refractivity contribution in [2.24, 2.45) is 0 Å². The number of amides is 1. The number of alkyl carbamates (subject to hydrolysis) is 1. The Labute approximate surface area is 115 Å². The quantitative estimate of drug-likeness (QED) is 0.909. The Morgan fingerprint density at radius 2 is 2.11 bits per heavy atom. The molecule has 1 aromatic rings. The van der Waals surface area contributed by atoms with Crippen LogP contribution in [0.15, 0.2) is 18.3 Å². The minimum Gasteiger partial charge on any atom is -0.444 e. The number of rotatable bonds is 4. The van der Waals surface area contributed by atoms with E-state index in [4.69, 9.17) is 4.74 Å². The summed E-state index contributed by atoms with van der Waals surface area (Å²) in [6.07, 6.45) is 1.35. The van der Waals surface area contributed by atoms with E-state index >= 15 is 0 Å². The van der Waals surface area contributed by atoms with Gasteiger partial charge in [0, 0.05) is 26.3 Å². The van der Waals surface area contributed by atoms with Crippen molar-refractivity contribution in [3.05, 3.63) is 23.9 Å². The molecule has 106 valence electrons. The lowest BCUT2D eigenvalue weighted by molar-refractivity contribution is 0.0523. The van der Waals surface area contributed by atoms with Crippen molar-refractivity contribution in [2.75, 3.05) is 18.5 Å². The van der Waals surface area contributed by atoms with E-state index in [-0.39, 0.29) is 0 Å². The second kappa shape index (κ2) is 6.41. The zero-order valence-electron chi connectivity index (χ0n) is 12.4. The van der Waals surface area contributed by atoms with Gasteiger partial charge in [0.2, 0.25) is 0 Å². The molecule has 0 aliphatic heterocycles. The van der Waals surface area contributed by atoms with Crippen molar-refractivity contribution < 1.29 is 9.53 Å². The maximum Gasteiger partial charge on any atom is 0.407 e. The zero-order chi connectivity index (χ0) is 14.5. The van der Waals surface area contributed by atoms with E-state index in [2.05, 4.69) is 17.2 Å². The number of anilines is 1. The number of nitrogens with one attached hydrogen (secondary N) is 1. The molecule has 0 atom stereocenters. The van der Waals surface area contributed by atoms with Crippen molar-refractivity contribution in [3.63, 3.8) is 0 Å². The Kier molecular flexibility index (Phi) is 5.15. The van der Waals surface area contributed by atoms with Crippen LogP contribution in [0.3, 0.4) is 0 Å². The van der Waals surface area contributed by atoms with E-state index in [1.54, 1.807) is 6.20 Å². The van der Waals surface area contributed by atoms with Gasteiger partial charge in [0.05, 0.1) is 0 Å². The van der Waals surface area contributed by atoms with Gasteiger partial charge in [-0.05, 0) is 39.3 Å². The molecule has 0 aliphatic carbocycles. The van der Waals surface area contributed by atoms with E-state index in [0.29, 0.717) is 6.54 Å². The van der Waals surface area contributed by atoms with E-state index < -0.39 is 11.7 Å². The number of carbonyl (C=O) groups excluding carboxylic acids is 1. The minimum absolute atomic E-state index is 0.415. The molecule has 0 unspecified atom stereocenters. The SMILES string of the molecule is CCN(C)c1ccc(CNC(=O)OC(C)(C)C)cn1. The molecule has 1 aromatic heterocycles. The highest BCUT2D eigenvalue weighted by Gasteiger charge is 2.15. The van der Waals surface area contributed by atoms with Crippen molar-refractivity contribution in [1.29, 1.82) is 0 Å². The first-order valence-electron chi connectivity index (χ1n) is 6.44. The lowest BCUT2D eigenvalue weighted by Crippen LogP contribution is -2.32. The van der Waals surface area contributed by atoms with Crippen LogP contribution >= 0.6 is 0 Å². The smallest absolute Gasteiger partial charge is 0.407 e. The Morgan fingerprint density at radius 3 is 2.58 bits per heavy atom. The van der Waals surface area contributed by atoms with Gasteiger partial charge >= 0.3 is 6.09 Å². The Bertz CT molecular complexity index is 410. The molecule has 0 bridgehead atoms. The normalized spacial score (nSPS) is 11.0. The fourth-order valence-electron chi connectivity index (χ4n) is 1.40. The first-order chi connectivity index (χ1) is 8.81. The van der Waals surface area contributed by atoms with Gasteiger partial charge in [-0.2, -0.15) is 0 Å². The molecule has 19 heavy (non-hydrogen) atoms. The third-order valence-corrected chi connectivity index (χ3v) is 2.51. The average molecular weight is 265 g/mol. The third kappa shape index (κ3) is 5.59. The summed E-state index contributed by atoms with van der Waals surface area (Å²) in [5, 5.41) is 2.70. The standard InChI is InChI=1S/C14H23N3O2/c1-6-17(5)12-8-7-11(9-15-12)10-16-13(18)19-14(2,3)4/h7-9H,6,10H2,1-5H3,(H,16,18). The predicted molar refractivity (Wildman–Crippen MR) is 76.3 cm³/mol. The molecule has 0 spiro atoms. The molecule has 5 nitrogen and oxygen atoms in total. The fourth-order valence-corrected chi connectivity index (χ4v) is 1.40. The fraction of sp³-hybridized carbons (Fsp3) is 0.571. The van der Waals surface area contributed by atoms with Crippen LogP contribution in [0.4, 0.5) is 10.6 Å². The number of pyridine rings is 1. The summed E-state index contributed by atoms with van der Waals surface area (Å²) in [6, 6.07) is 3.89. The molecular formula is C14H23N3O2. The first kappa shape index (κ1) is 15.3. The molecule has 0 saturated carbocycles. The van der Waals surface area contributed by atoms with Gasteiger partial charge in [0.1, 0.15) is 11.4 Å². The van der Waals surface area contributed by atoms with Gasteiger partial charge in [-0.3, -0.25) is 0 Å². The summed E-state index contributed by atoms with van der Waals surface area (Å²) in [6.45, 7) is 8.90. The number of aromatic nitrogens is 1. The highest BCUT2D eigenvalue weighted by Crippen LogP contribution is 2.10. The van der Waals surface area contributed by atoms with Gasteiger partial charge in [0.25, 0.3) is 0 Å². The number of hydrogen-bond donors (Lipinski definition) is 1. The molecule has 0 fully saturated rings. The van der Waals surface area contributed by atoms with Crippen molar-refractivity contribution >= 4 is 11.9 Å². The third-order valence-electron chi connectivity index (χ3n) is 2.51.